The van der Waals surface area contributed by atoms with Crippen LogP contribution in [0.4, 0.5) is 0 Å². The van der Waals surface area contributed by atoms with Crippen LogP contribution in [0.2, 0.25) is 0 Å². The number of fused-ring (bicyclic) bond motifs is 3. The molecule has 0 unspecified atom stereocenters. The first-order chi connectivity index (χ1) is 11.7. The monoisotopic (exact) mass is 344 g/mol. The molecule has 1 atom stereocenters. The summed E-state index contributed by atoms with van der Waals surface area (Å²) in [7, 11) is 2.03. The number of hydrogen-bond acceptors (Lipinski definition) is 5. The highest BCUT2D eigenvalue weighted by molar-refractivity contribution is 7.18. The highest BCUT2D eigenvalue weighted by Crippen LogP contribution is 2.39. The van der Waals surface area contributed by atoms with Crippen molar-refractivity contribution in [3.8, 4) is 0 Å². The number of hydrogen-bond donors (Lipinski definition) is 2. The van der Waals surface area contributed by atoms with Crippen LogP contribution in [0, 0.1) is 5.92 Å². The van der Waals surface area contributed by atoms with Gasteiger partial charge in [0.15, 0.2) is 0 Å². The van der Waals surface area contributed by atoms with Gasteiger partial charge in [-0.15, -0.1) is 11.3 Å². The first-order valence-electron chi connectivity index (χ1n) is 8.75. The molecule has 24 heavy (non-hydrogen) atoms. The van der Waals surface area contributed by atoms with Crippen LogP contribution in [0.25, 0.3) is 21.3 Å². The topological polar surface area (TPSA) is 63.0 Å². The molecule has 0 aromatic carbocycles. The molecule has 1 fully saturated rings. The third-order valence-electron chi connectivity index (χ3n) is 5.20. The van der Waals surface area contributed by atoms with Gasteiger partial charge in [0.05, 0.1) is 21.9 Å². The predicted octanol–water partition coefficient (Wildman–Crippen LogP) is 3.65. The van der Waals surface area contributed by atoms with Crippen molar-refractivity contribution in [2.45, 2.75) is 44.8 Å². The van der Waals surface area contributed by atoms with Crippen LogP contribution in [-0.2, 0) is 0 Å². The Hall–Kier alpha value is -1.50. The van der Waals surface area contributed by atoms with Crippen molar-refractivity contribution in [3.63, 3.8) is 0 Å². The van der Waals surface area contributed by atoms with Crippen molar-refractivity contribution in [1.82, 2.24) is 19.9 Å². The van der Waals surface area contributed by atoms with E-state index < -0.39 is 6.10 Å². The molecule has 0 aliphatic heterocycles. The number of rotatable bonds is 4. The van der Waals surface area contributed by atoms with E-state index in [0.717, 1.165) is 47.7 Å². The maximum absolute atomic E-state index is 10.3. The van der Waals surface area contributed by atoms with E-state index in [1.54, 1.807) is 11.3 Å². The Balaban J connectivity index is 1.81. The highest BCUT2D eigenvalue weighted by atomic mass is 32.1. The maximum Gasteiger partial charge on any atom is 0.138 e. The average molecular weight is 344 g/mol. The second kappa shape index (κ2) is 6.43. The molecule has 2 N–H and O–H groups in total. The normalized spacial score (nSPS) is 23.1. The predicted molar refractivity (Wildman–Crippen MR) is 98.5 cm³/mol. The van der Waals surface area contributed by atoms with E-state index in [2.05, 4.69) is 26.3 Å². The zero-order valence-corrected chi connectivity index (χ0v) is 15.0. The fourth-order valence-electron chi connectivity index (χ4n) is 4.06. The van der Waals surface area contributed by atoms with Gasteiger partial charge in [-0.1, -0.05) is 0 Å². The van der Waals surface area contributed by atoms with E-state index in [4.69, 9.17) is 4.98 Å². The third kappa shape index (κ3) is 2.62. The second-order valence-corrected chi connectivity index (χ2v) is 7.79. The zero-order valence-electron chi connectivity index (χ0n) is 14.2. The van der Waals surface area contributed by atoms with Crippen LogP contribution in [0.1, 0.15) is 50.6 Å². The first kappa shape index (κ1) is 16.0. The largest absolute Gasteiger partial charge is 0.385 e. The lowest BCUT2D eigenvalue weighted by atomic mass is 9.85. The van der Waals surface area contributed by atoms with E-state index in [1.807, 2.05) is 20.2 Å². The van der Waals surface area contributed by atoms with E-state index in [-0.39, 0.29) is 0 Å². The number of aliphatic hydroxyl groups excluding tert-OH is 1. The fourth-order valence-corrected chi connectivity index (χ4v) is 4.95. The summed E-state index contributed by atoms with van der Waals surface area (Å²) in [6, 6.07) is 2.48. The number of imidazole rings is 1. The number of thiophene rings is 1. The Morgan fingerprint density at radius 3 is 2.83 bits per heavy atom. The van der Waals surface area contributed by atoms with Crippen LogP contribution in [0.15, 0.2) is 17.6 Å². The third-order valence-corrected chi connectivity index (χ3v) is 6.11. The molecular formula is C18H24N4OS. The van der Waals surface area contributed by atoms with Gasteiger partial charge in [-0.05, 0) is 63.6 Å². The van der Waals surface area contributed by atoms with Gasteiger partial charge in [0.1, 0.15) is 17.4 Å². The Morgan fingerprint density at radius 2 is 2.12 bits per heavy atom. The van der Waals surface area contributed by atoms with Gasteiger partial charge in [0.2, 0.25) is 0 Å². The van der Waals surface area contributed by atoms with Crippen molar-refractivity contribution in [2.24, 2.45) is 5.92 Å². The molecule has 1 saturated carbocycles. The minimum Gasteiger partial charge on any atom is -0.385 e. The van der Waals surface area contributed by atoms with Gasteiger partial charge in [0, 0.05) is 6.04 Å². The summed E-state index contributed by atoms with van der Waals surface area (Å²) in [4.78, 5) is 9.23. The molecule has 3 aromatic rings. The van der Waals surface area contributed by atoms with Gasteiger partial charge in [-0.3, -0.25) is 4.98 Å². The quantitative estimate of drug-likeness (QED) is 0.758. The summed E-state index contributed by atoms with van der Waals surface area (Å²) in [5, 5.41) is 15.7. The van der Waals surface area contributed by atoms with Crippen LogP contribution < -0.4 is 5.32 Å². The van der Waals surface area contributed by atoms with Crippen molar-refractivity contribution in [2.75, 3.05) is 13.6 Å². The summed E-state index contributed by atoms with van der Waals surface area (Å²) in [6.07, 6.45) is 6.02. The number of pyridine rings is 1. The van der Waals surface area contributed by atoms with Gasteiger partial charge in [-0.2, -0.15) is 0 Å². The van der Waals surface area contributed by atoms with Crippen molar-refractivity contribution < 1.29 is 5.11 Å². The Kier molecular flexibility index (Phi) is 4.28. The lowest BCUT2D eigenvalue weighted by Crippen LogP contribution is -2.26. The van der Waals surface area contributed by atoms with Crippen molar-refractivity contribution in [1.29, 1.82) is 0 Å². The van der Waals surface area contributed by atoms with Gasteiger partial charge in [-0.25, -0.2) is 4.98 Å². The number of nitrogens with one attached hydrogen (secondary N) is 1. The first-order valence-corrected chi connectivity index (χ1v) is 9.63. The summed E-state index contributed by atoms with van der Waals surface area (Å²) in [6.45, 7) is 2.91. The SMILES string of the molecule is CNCC1CCC(n2c([C@@H](C)O)nc3cnc4ccsc4c32)CC1. The highest BCUT2D eigenvalue weighted by Gasteiger charge is 2.27. The van der Waals surface area contributed by atoms with Gasteiger partial charge < -0.3 is 15.0 Å². The Morgan fingerprint density at radius 1 is 1.33 bits per heavy atom. The number of aromatic nitrogens is 3. The molecule has 3 aromatic heterocycles. The summed E-state index contributed by atoms with van der Waals surface area (Å²) in [5.41, 5.74) is 3.08. The summed E-state index contributed by atoms with van der Waals surface area (Å²) < 4.78 is 3.50. The summed E-state index contributed by atoms with van der Waals surface area (Å²) >= 11 is 1.71. The lowest BCUT2D eigenvalue weighted by molar-refractivity contribution is 0.175. The molecule has 4 rings (SSSR count). The molecule has 1 aliphatic rings. The summed E-state index contributed by atoms with van der Waals surface area (Å²) in [5.74, 6) is 1.55. The van der Waals surface area contributed by atoms with E-state index >= 15 is 0 Å². The minimum atomic E-state index is -0.567. The molecule has 0 radical (unpaired) electrons. The smallest absolute Gasteiger partial charge is 0.138 e. The number of aliphatic hydroxyl groups is 1. The second-order valence-electron chi connectivity index (χ2n) is 6.88. The molecule has 6 heteroatoms. The maximum atomic E-state index is 10.3. The van der Waals surface area contributed by atoms with Crippen LogP contribution in [0.3, 0.4) is 0 Å². The van der Waals surface area contributed by atoms with E-state index in [9.17, 15) is 5.11 Å². The van der Waals surface area contributed by atoms with Crippen molar-refractivity contribution >= 4 is 32.6 Å². The van der Waals surface area contributed by atoms with Crippen molar-refractivity contribution in [3.05, 3.63) is 23.5 Å². The molecule has 128 valence electrons. The molecule has 0 bridgehead atoms. The van der Waals surface area contributed by atoms with Gasteiger partial charge >= 0.3 is 0 Å². The Labute approximate surface area is 145 Å². The zero-order chi connectivity index (χ0) is 16.7. The van der Waals surface area contributed by atoms with Gasteiger partial charge in [0.25, 0.3) is 0 Å². The van der Waals surface area contributed by atoms with Crippen LogP contribution in [-0.4, -0.2) is 33.2 Å². The number of nitrogens with zero attached hydrogens (tertiary/aromatic N) is 3. The molecule has 0 spiro atoms. The average Bonchev–Trinajstić information content (AvgIpc) is 3.19. The molecular weight excluding hydrogens is 320 g/mol. The molecule has 0 saturated heterocycles. The van der Waals surface area contributed by atoms with Crippen LogP contribution >= 0.6 is 11.3 Å². The molecule has 3 heterocycles. The van der Waals surface area contributed by atoms with Crippen LogP contribution in [0.5, 0.6) is 0 Å². The fraction of sp³-hybridized carbons (Fsp3) is 0.556. The lowest BCUT2D eigenvalue weighted by Gasteiger charge is -2.31. The molecule has 0 amide bonds. The van der Waals surface area contributed by atoms with E-state index in [0.29, 0.717) is 6.04 Å². The Bertz CT molecular complexity index is 845. The standard InChI is InChI=1S/C18H24N4OS/c1-11(23)18-21-15-10-20-14-7-8-24-17(14)16(15)22(18)13-5-3-12(4-6-13)9-19-2/h7-8,10-13,19,23H,3-6,9H2,1-2H3/t11-,12?,13?/m1/s1. The molecule has 1 aliphatic carbocycles. The van der Waals surface area contributed by atoms with E-state index in [1.165, 1.54) is 17.5 Å². The minimum absolute atomic E-state index is 0.417. The molecule has 5 nitrogen and oxygen atoms in total.